The normalized spacial score (nSPS) is 9.95. The lowest BCUT2D eigenvalue weighted by Crippen LogP contribution is -2.19. The van der Waals surface area contributed by atoms with Crippen molar-refractivity contribution in [3.8, 4) is 0 Å². The second kappa shape index (κ2) is 5.73. The fourth-order valence-electron chi connectivity index (χ4n) is 1.37. The van der Waals surface area contributed by atoms with Gasteiger partial charge in [-0.1, -0.05) is 11.6 Å². The van der Waals surface area contributed by atoms with Gasteiger partial charge in [0.05, 0.1) is 22.0 Å². The second-order valence-corrected chi connectivity index (χ2v) is 4.78. The van der Waals surface area contributed by atoms with Gasteiger partial charge in [-0.3, -0.25) is 0 Å². The zero-order valence-corrected chi connectivity index (χ0v) is 11.1. The maximum atomic E-state index is 11.7. The molecule has 0 atom stereocenters. The zero-order chi connectivity index (χ0) is 13.8. The van der Waals surface area contributed by atoms with Crippen LogP contribution in [0.15, 0.2) is 35.0 Å². The Labute approximate surface area is 117 Å². The third-order valence-electron chi connectivity index (χ3n) is 2.24. The first kappa shape index (κ1) is 13.4. The summed E-state index contributed by atoms with van der Waals surface area (Å²) in [4.78, 5) is 22.5. The summed E-state index contributed by atoms with van der Waals surface area (Å²) in [6.45, 7) is 0. The molecular formula is C12H9ClN2O3S. The number of hydrogen-bond acceptors (Lipinski definition) is 3. The number of carbonyl (C=O) groups is 2. The molecule has 5 nitrogen and oxygen atoms in total. The van der Waals surface area contributed by atoms with E-state index in [9.17, 15) is 9.59 Å². The van der Waals surface area contributed by atoms with Gasteiger partial charge in [-0.2, -0.15) is 11.3 Å². The summed E-state index contributed by atoms with van der Waals surface area (Å²) in [6.07, 6.45) is 0. The SMILES string of the molecule is O=C(Nc1ccsc1)Nc1cc(C(=O)O)ccc1Cl. The van der Waals surface area contributed by atoms with Crippen molar-refractivity contribution < 1.29 is 14.7 Å². The van der Waals surface area contributed by atoms with Crippen molar-refractivity contribution in [2.75, 3.05) is 10.6 Å². The number of anilines is 2. The predicted octanol–water partition coefficient (Wildman–Crippen LogP) is 3.74. The molecule has 0 radical (unpaired) electrons. The molecule has 0 aliphatic carbocycles. The Kier molecular flexibility index (Phi) is 4.03. The summed E-state index contributed by atoms with van der Waals surface area (Å²) in [5.74, 6) is -1.09. The molecule has 2 rings (SSSR count). The number of nitrogens with one attached hydrogen (secondary N) is 2. The molecule has 1 aromatic heterocycles. The summed E-state index contributed by atoms with van der Waals surface area (Å²) < 4.78 is 0. The third kappa shape index (κ3) is 3.46. The van der Waals surface area contributed by atoms with Gasteiger partial charge in [0.15, 0.2) is 0 Å². The van der Waals surface area contributed by atoms with Gasteiger partial charge in [-0.15, -0.1) is 0 Å². The number of aromatic carboxylic acids is 1. The first-order valence-corrected chi connectivity index (χ1v) is 6.51. The van der Waals surface area contributed by atoms with Crippen molar-refractivity contribution >= 4 is 46.3 Å². The van der Waals surface area contributed by atoms with Gasteiger partial charge in [0.1, 0.15) is 0 Å². The first-order chi connectivity index (χ1) is 9.06. The highest BCUT2D eigenvalue weighted by Gasteiger charge is 2.10. The number of rotatable bonds is 3. The maximum Gasteiger partial charge on any atom is 0.335 e. The van der Waals surface area contributed by atoms with Crippen LogP contribution in [0, 0.1) is 0 Å². The largest absolute Gasteiger partial charge is 0.478 e. The van der Waals surface area contributed by atoms with Gasteiger partial charge in [-0.05, 0) is 29.6 Å². The van der Waals surface area contributed by atoms with Gasteiger partial charge in [0, 0.05) is 5.38 Å². The number of hydrogen-bond donors (Lipinski definition) is 3. The van der Waals surface area contributed by atoms with E-state index in [1.54, 1.807) is 11.4 Å². The molecule has 0 bridgehead atoms. The molecular weight excluding hydrogens is 288 g/mol. The minimum absolute atomic E-state index is 0.0511. The van der Waals surface area contributed by atoms with Crippen LogP contribution in [-0.2, 0) is 0 Å². The van der Waals surface area contributed by atoms with E-state index in [1.807, 2.05) is 5.38 Å². The smallest absolute Gasteiger partial charge is 0.335 e. The number of halogens is 1. The summed E-state index contributed by atoms with van der Waals surface area (Å²) >= 11 is 7.34. The highest BCUT2D eigenvalue weighted by Crippen LogP contribution is 2.23. The standard InChI is InChI=1S/C12H9ClN2O3S/c13-9-2-1-7(11(16)17)5-10(9)15-12(18)14-8-3-4-19-6-8/h1-6H,(H,16,17)(H2,14,15,18). The van der Waals surface area contributed by atoms with Crippen LogP contribution < -0.4 is 10.6 Å². The molecule has 0 saturated heterocycles. The van der Waals surface area contributed by atoms with Crippen molar-refractivity contribution in [2.24, 2.45) is 0 Å². The first-order valence-electron chi connectivity index (χ1n) is 5.19. The number of carbonyl (C=O) groups excluding carboxylic acids is 1. The summed E-state index contributed by atoms with van der Waals surface area (Å²) in [5.41, 5.74) is 0.956. The molecule has 0 spiro atoms. The minimum atomic E-state index is -1.09. The quantitative estimate of drug-likeness (QED) is 0.807. The van der Waals surface area contributed by atoms with Crippen molar-refractivity contribution in [2.45, 2.75) is 0 Å². The lowest BCUT2D eigenvalue weighted by Gasteiger charge is -2.08. The molecule has 0 unspecified atom stereocenters. The van der Waals surface area contributed by atoms with E-state index in [0.29, 0.717) is 5.69 Å². The number of urea groups is 1. The average Bonchev–Trinajstić information content (AvgIpc) is 2.84. The van der Waals surface area contributed by atoms with Gasteiger partial charge in [-0.25, -0.2) is 9.59 Å². The Morgan fingerprint density at radius 3 is 2.63 bits per heavy atom. The van der Waals surface area contributed by atoms with E-state index >= 15 is 0 Å². The van der Waals surface area contributed by atoms with Crippen LogP contribution in [0.2, 0.25) is 5.02 Å². The molecule has 7 heteroatoms. The van der Waals surface area contributed by atoms with Crippen LogP contribution >= 0.6 is 22.9 Å². The van der Waals surface area contributed by atoms with Gasteiger partial charge >= 0.3 is 12.0 Å². The van der Waals surface area contributed by atoms with Crippen molar-refractivity contribution in [3.63, 3.8) is 0 Å². The number of benzene rings is 1. The summed E-state index contributed by atoms with van der Waals surface area (Å²) in [6, 6.07) is 5.36. The molecule has 3 N–H and O–H groups in total. The number of carboxylic acid groups (broad SMARTS) is 1. The lowest BCUT2D eigenvalue weighted by atomic mass is 10.2. The van der Waals surface area contributed by atoms with Crippen molar-refractivity contribution in [1.29, 1.82) is 0 Å². The van der Waals surface area contributed by atoms with Crippen LogP contribution in [0.5, 0.6) is 0 Å². The van der Waals surface area contributed by atoms with Crippen molar-refractivity contribution in [3.05, 3.63) is 45.6 Å². The highest BCUT2D eigenvalue weighted by molar-refractivity contribution is 7.08. The maximum absolute atomic E-state index is 11.7. The Morgan fingerprint density at radius 2 is 2.00 bits per heavy atom. The average molecular weight is 297 g/mol. The van der Waals surface area contributed by atoms with Crippen molar-refractivity contribution in [1.82, 2.24) is 0 Å². The Hall–Kier alpha value is -2.05. The molecule has 1 heterocycles. The van der Waals surface area contributed by atoms with E-state index < -0.39 is 12.0 Å². The van der Waals surface area contributed by atoms with Gasteiger partial charge in [0.2, 0.25) is 0 Å². The molecule has 2 amide bonds. The molecule has 1 aromatic carbocycles. The van der Waals surface area contributed by atoms with Crippen LogP contribution in [0.25, 0.3) is 0 Å². The monoisotopic (exact) mass is 296 g/mol. The fourth-order valence-corrected chi connectivity index (χ4v) is 2.13. The van der Waals surface area contributed by atoms with Crippen LogP contribution in [-0.4, -0.2) is 17.1 Å². The lowest BCUT2D eigenvalue weighted by molar-refractivity contribution is 0.0697. The van der Waals surface area contributed by atoms with E-state index in [-0.39, 0.29) is 16.3 Å². The number of thiophene rings is 1. The summed E-state index contributed by atoms with van der Waals surface area (Å²) in [5, 5.41) is 17.8. The topological polar surface area (TPSA) is 78.4 Å². The molecule has 98 valence electrons. The summed E-state index contributed by atoms with van der Waals surface area (Å²) in [7, 11) is 0. The number of amides is 2. The van der Waals surface area contributed by atoms with E-state index in [1.165, 1.54) is 29.5 Å². The Bertz CT molecular complexity index is 613. The molecule has 0 aliphatic heterocycles. The van der Waals surface area contributed by atoms with Crippen LogP contribution in [0.4, 0.5) is 16.2 Å². The zero-order valence-electron chi connectivity index (χ0n) is 9.51. The second-order valence-electron chi connectivity index (χ2n) is 3.59. The Balaban J connectivity index is 2.11. The van der Waals surface area contributed by atoms with Gasteiger partial charge in [0.25, 0.3) is 0 Å². The molecule has 19 heavy (non-hydrogen) atoms. The minimum Gasteiger partial charge on any atom is -0.478 e. The van der Waals surface area contributed by atoms with E-state index in [4.69, 9.17) is 16.7 Å². The van der Waals surface area contributed by atoms with E-state index in [0.717, 1.165) is 0 Å². The van der Waals surface area contributed by atoms with E-state index in [2.05, 4.69) is 10.6 Å². The van der Waals surface area contributed by atoms with Crippen LogP contribution in [0.1, 0.15) is 10.4 Å². The molecule has 0 fully saturated rings. The third-order valence-corrected chi connectivity index (χ3v) is 3.25. The van der Waals surface area contributed by atoms with Crippen LogP contribution in [0.3, 0.4) is 0 Å². The Morgan fingerprint density at radius 1 is 1.21 bits per heavy atom. The predicted molar refractivity (Wildman–Crippen MR) is 75.4 cm³/mol. The number of carboxylic acids is 1. The molecule has 0 saturated carbocycles. The molecule has 2 aromatic rings. The molecule has 0 aliphatic rings. The highest BCUT2D eigenvalue weighted by atomic mass is 35.5. The van der Waals surface area contributed by atoms with Gasteiger partial charge < -0.3 is 15.7 Å². The fraction of sp³-hybridized carbons (Fsp3) is 0.